The van der Waals surface area contributed by atoms with Gasteiger partial charge in [-0.05, 0) is 29.5 Å². The molecule has 0 aliphatic rings. The second-order valence-corrected chi connectivity index (χ2v) is 7.35. The van der Waals surface area contributed by atoms with Crippen molar-refractivity contribution in [2.75, 3.05) is 12.4 Å². The van der Waals surface area contributed by atoms with Crippen molar-refractivity contribution in [1.29, 1.82) is 0 Å². The van der Waals surface area contributed by atoms with Gasteiger partial charge in [0.15, 0.2) is 9.84 Å². The number of hydrogen-bond acceptors (Lipinski definition) is 3. The van der Waals surface area contributed by atoms with E-state index in [9.17, 15) is 8.42 Å². The molecule has 1 N–H and O–H groups in total. The maximum absolute atomic E-state index is 11.9. The Morgan fingerprint density at radius 2 is 1.82 bits per heavy atom. The molecule has 0 heterocycles. The second kappa shape index (κ2) is 4.78. The van der Waals surface area contributed by atoms with E-state index in [0.717, 1.165) is 11.1 Å². The van der Waals surface area contributed by atoms with E-state index in [2.05, 4.69) is 20.8 Å². The first-order valence-electron chi connectivity index (χ1n) is 5.63. The molecule has 17 heavy (non-hydrogen) atoms. The number of aliphatic hydroxyl groups is 1. The number of aliphatic hydroxyl groups excluding tert-OH is 1. The molecule has 0 spiro atoms. The van der Waals surface area contributed by atoms with Gasteiger partial charge >= 0.3 is 0 Å². The molecule has 3 nitrogen and oxygen atoms in total. The van der Waals surface area contributed by atoms with E-state index in [1.807, 2.05) is 12.1 Å². The molecule has 1 rings (SSSR count). The van der Waals surface area contributed by atoms with Crippen molar-refractivity contribution in [2.45, 2.75) is 38.0 Å². The van der Waals surface area contributed by atoms with Crippen LogP contribution in [0.1, 0.15) is 31.9 Å². The highest BCUT2D eigenvalue weighted by molar-refractivity contribution is 7.91. The number of hydrogen-bond donors (Lipinski definition) is 1. The number of sulfone groups is 1. The summed E-state index contributed by atoms with van der Waals surface area (Å²) in [6.07, 6.45) is 0. The fourth-order valence-electron chi connectivity index (χ4n) is 1.69. The first kappa shape index (κ1) is 14.2. The minimum absolute atomic E-state index is 0.00400. The summed E-state index contributed by atoms with van der Waals surface area (Å²) in [5.41, 5.74) is 1.85. The standard InChI is InChI=1S/C13H20O3S/c1-10-9-11(13(2,3)4)5-6-12(10)17(15,16)8-7-14/h5-6,9,14H,7-8H2,1-4H3. The smallest absolute Gasteiger partial charge is 0.180 e. The Balaban J connectivity index is 3.24. The molecule has 96 valence electrons. The number of rotatable bonds is 3. The van der Waals surface area contributed by atoms with Crippen LogP contribution in [0.3, 0.4) is 0 Å². The highest BCUT2D eigenvalue weighted by Gasteiger charge is 2.19. The van der Waals surface area contributed by atoms with Gasteiger partial charge in [-0.1, -0.05) is 32.9 Å². The molecule has 0 saturated heterocycles. The molecule has 0 aromatic heterocycles. The van der Waals surface area contributed by atoms with Crippen molar-refractivity contribution in [3.05, 3.63) is 29.3 Å². The zero-order chi connectivity index (χ0) is 13.3. The summed E-state index contributed by atoms with van der Waals surface area (Å²) < 4.78 is 23.7. The molecule has 1 aromatic rings. The zero-order valence-electron chi connectivity index (χ0n) is 10.8. The van der Waals surface area contributed by atoms with Crippen LogP contribution >= 0.6 is 0 Å². The van der Waals surface area contributed by atoms with Crippen LogP contribution in [-0.4, -0.2) is 25.9 Å². The van der Waals surface area contributed by atoms with Gasteiger partial charge in [-0.2, -0.15) is 0 Å². The minimum atomic E-state index is -3.35. The average molecular weight is 256 g/mol. The molecule has 0 bridgehead atoms. The molecule has 0 radical (unpaired) electrons. The third-order valence-electron chi connectivity index (χ3n) is 2.74. The van der Waals surface area contributed by atoms with Crippen molar-refractivity contribution in [3.8, 4) is 0 Å². The summed E-state index contributed by atoms with van der Waals surface area (Å²) in [7, 11) is -3.35. The van der Waals surface area contributed by atoms with Crippen molar-refractivity contribution >= 4 is 9.84 Å². The van der Waals surface area contributed by atoms with Crippen molar-refractivity contribution < 1.29 is 13.5 Å². The lowest BCUT2D eigenvalue weighted by atomic mass is 9.86. The van der Waals surface area contributed by atoms with E-state index in [1.165, 1.54) is 0 Å². The summed E-state index contributed by atoms with van der Waals surface area (Å²) >= 11 is 0. The Labute approximate surface area is 103 Å². The summed E-state index contributed by atoms with van der Waals surface area (Å²) in [5.74, 6) is -0.220. The molecular weight excluding hydrogens is 236 g/mol. The lowest BCUT2D eigenvalue weighted by molar-refractivity contribution is 0.319. The zero-order valence-corrected chi connectivity index (χ0v) is 11.6. The van der Waals surface area contributed by atoms with Crippen molar-refractivity contribution in [2.24, 2.45) is 0 Å². The van der Waals surface area contributed by atoms with Crippen LogP contribution < -0.4 is 0 Å². The quantitative estimate of drug-likeness (QED) is 0.900. The number of aryl methyl sites for hydroxylation is 1. The largest absolute Gasteiger partial charge is 0.395 e. The summed E-state index contributed by atoms with van der Waals surface area (Å²) in [6.45, 7) is 7.71. The van der Waals surface area contributed by atoms with Crippen molar-refractivity contribution in [3.63, 3.8) is 0 Å². The van der Waals surface area contributed by atoms with E-state index >= 15 is 0 Å². The van der Waals surface area contributed by atoms with Gasteiger partial charge in [0.25, 0.3) is 0 Å². The topological polar surface area (TPSA) is 54.4 Å². The maximum atomic E-state index is 11.9. The van der Waals surface area contributed by atoms with E-state index in [0.29, 0.717) is 4.90 Å². The Kier molecular flexibility index (Phi) is 3.99. The predicted molar refractivity (Wildman–Crippen MR) is 69.0 cm³/mol. The van der Waals surface area contributed by atoms with Crippen LogP contribution in [0.25, 0.3) is 0 Å². The molecule has 0 amide bonds. The van der Waals surface area contributed by atoms with Crippen LogP contribution in [0, 0.1) is 6.92 Å². The van der Waals surface area contributed by atoms with Gasteiger partial charge in [-0.25, -0.2) is 8.42 Å². The van der Waals surface area contributed by atoms with Crippen LogP contribution in [-0.2, 0) is 15.3 Å². The molecule has 0 saturated carbocycles. The first-order valence-corrected chi connectivity index (χ1v) is 7.28. The van der Waals surface area contributed by atoms with Crippen LogP contribution in [0.15, 0.2) is 23.1 Å². The molecule has 0 aliphatic heterocycles. The van der Waals surface area contributed by atoms with Gasteiger partial charge in [0, 0.05) is 0 Å². The number of benzene rings is 1. The molecular formula is C13H20O3S. The highest BCUT2D eigenvalue weighted by Crippen LogP contribution is 2.26. The van der Waals surface area contributed by atoms with Crippen LogP contribution in [0.5, 0.6) is 0 Å². The molecule has 4 heteroatoms. The van der Waals surface area contributed by atoms with Crippen LogP contribution in [0.4, 0.5) is 0 Å². The minimum Gasteiger partial charge on any atom is -0.395 e. The summed E-state index contributed by atoms with van der Waals surface area (Å²) in [6, 6.07) is 5.39. The van der Waals surface area contributed by atoms with Crippen LogP contribution in [0.2, 0.25) is 0 Å². The predicted octanol–water partition coefficient (Wildman–Crippen LogP) is 2.06. The van der Waals surface area contributed by atoms with E-state index in [1.54, 1.807) is 13.0 Å². The molecule has 0 fully saturated rings. The Morgan fingerprint density at radius 3 is 2.24 bits per heavy atom. The lowest BCUT2D eigenvalue weighted by Gasteiger charge is -2.20. The lowest BCUT2D eigenvalue weighted by Crippen LogP contribution is -2.14. The van der Waals surface area contributed by atoms with Gasteiger partial charge in [0.2, 0.25) is 0 Å². The molecule has 0 atom stereocenters. The molecule has 0 unspecified atom stereocenters. The second-order valence-electron chi connectivity index (χ2n) is 5.27. The van der Waals surface area contributed by atoms with E-state index in [4.69, 9.17) is 5.11 Å². The average Bonchev–Trinajstić information content (AvgIpc) is 2.15. The van der Waals surface area contributed by atoms with E-state index in [-0.39, 0.29) is 17.8 Å². The normalized spacial score (nSPS) is 12.8. The van der Waals surface area contributed by atoms with Crippen molar-refractivity contribution in [1.82, 2.24) is 0 Å². The fraction of sp³-hybridized carbons (Fsp3) is 0.538. The monoisotopic (exact) mass is 256 g/mol. The first-order chi connectivity index (χ1) is 7.68. The van der Waals surface area contributed by atoms with E-state index < -0.39 is 9.84 Å². The summed E-state index contributed by atoms with van der Waals surface area (Å²) in [4.78, 5) is 0.319. The van der Waals surface area contributed by atoms with Gasteiger partial charge < -0.3 is 5.11 Å². The molecule has 1 aromatic carbocycles. The summed E-state index contributed by atoms with van der Waals surface area (Å²) in [5, 5.41) is 8.76. The van der Waals surface area contributed by atoms with Gasteiger partial charge in [0.05, 0.1) is 17.3 Å². The van der Waals surface area contributed by atoms with Gasteiger partial charge in [-0.3, -0.25) is 0 Å². The Bertz CT molecular complexity index is 496. The Morgan fingerprint density at radius 1 is 1.24 bits per heavy atom. The third kappa shape index (κ3) is 3.30. The maximum Gasteiger partial charge on any atom is 0.180 e. The Hall–Kier alpha value is -0.870. The molecule has 0 aliphatic carbocycles. The highest BCUT2D eigenvalue weighted by atomic mass is 32.2. The SMILES string of the molecule is Cc1cc(C(C)(C)C)ccc1S(=O)(=O)CCO. The van der Waals surface area contributed by atoms with Gasteiger partial charge in [-0.15, -0.1) is 0 Å². The third-order valence-corrected chi connectivity index (χ3v) is 4.58. The van der Waals surface area contributed by atoms with Gasteiger partial charge in [0.1, 0.15) is 0 Å². The fourth-order valence-corrected chi connectivity index (χ4v) is 2.98.